The van der Waals surface area contributed by atoms with Crippen molar-refractivity contribution in [3.63, 3.8) is 0 Å². The number of hydrogen-bond donors (Lipinski definition) is 0. The zero-order valence-electron chi connectivity index (χ0n) is 10.4. The first-order chi connectivity index (χ1) is 8.08. The van der Waals surface area contributed by atoms with Gasteiger partial charge in [-0.2, -0.15) is 0 Å². The van der Waals surface area contributed by atoms with Crippen molar-refractivity contribution in [2.24, 2.45) is 10.8 Å². The van der Waals surface area contributed by atoms with E-state index in [0.717, 1.165) is 27.7 Å². The van der Waals surface area contributed by atoms with Crippen molar-refractivity contribution in [2.45, 2.75) is 27.7 Å². The second-order valence-corrected chi connectivity index (χ2v) is 4.38. The van der Waals surface area contributed by atoms with Gasteiger partial charge in [0, 0.05) is 0 Å². The average Bonchev–Trinajstić information content (AvgIpc) is 2.15. The van der Waals surface area contributed by atoms with Gasteiger partial charge in [0.1, 0.15) is 0 Å². The third-order valence-electron chi connectivity index (χ3n) is 3.47. The Kier molecular flexibility index (Phi) is 2.94. The lowest BCUT2D eigenvalue weighted by molar-refractivity contribution is -0.177. The predicted octanol–water partition coefficient (Wildman–Crippen LogP) is -0.533. The number of hydrogen-bond acceptors (Lipinski definition) is 6. The van der Waals surface area contributed by atoms with E-state index in [4.69, 9.17) is 0 Å². The van der Waals surface area contributed by atoms with Crippen LogP contribution in [0.15, 0.2) is 0 Å². The molecule has 0 aliphatic heterocycles. The maximum Gasteiger partial charge on any atom is 0.206 e. The van der Waals surface area contributed by atoms with Crippen molar-refractivity contribution in [1.29, 1.82) is 0 Å². The molecule has 6 nitrogen and oxygen atoms in total. The largest absolute Gasteiger partial charge is 0.298 e. The van der Waals surface area contributed by atoms with Crippen LogP contribution < -0.4 is 0 Å². The third-order valence-corrected chi connectivity index (χ3v) is 3.47. The Hall–Kier alpha value is -1.98. The van der Waals surface area contributed by atoms with Gasteiger partial charge in [-0.05, 0) is 27.7 Å². The Morgan fingerprint density at radius 3 is 0.889 bits per heavy atom. The maximum absolute atomic E-state index is 12.1. The highest BCUT2D eigenvalue weighted by Gasteiger charge is 2.80. The summed E-state index contributed by atoms with van der Waals surface area (Å²) in [5.41, 5.74) is -4.92. The van der Waals surface area contributed by atoms with Gasteiger partial charge >= 0.3 is 0 Å². The SMILES string of the molecule is CC(=O)C1(C(C)=O)C(=O)C(C(C)=O)(C(C)=O)C1=O. The van der Waals surface area contributed by atoms with Crippen molar-refractivity contribution < 1.29 is 28.8 Å². The number of carbonyl (C=O) groups excluding carboxylic acids is 6. The van der Waals surface area contributed by atoms with Crippen LogP contribution in [0.2, 0.25) is 0 Å². The van der Waals surface area contributed by atoms with E-state index < -0.39 is 45.5 Å². The Bertz CT molecular complexity index is 433. The molecule has 0 aromatic heterocycles. The van der Waals surface area contributed by atoms with E-state index in [-0.39, 0.29) is 0 Å². The van der Waals surface area contributed by atoms with Crippen LogP contribution in [0.5, 0.6) is 0 Å². The van der Waals surface area contributed by atoms with E-state index in [1.165, 1.54) is 0 Å². The highest BCUT2D eigenvalue weighted by atomic mass is 16.2. The molecule has 1 rings (SSSR count). The fourth-order valence-electron chi connectivity index (χ4n) is 2.48. The smallest absolute Gasteiger partial charge is 0.206 e. The molecule has 0 heterocycles. The number of ketones is 6. The molecule has 0 radical (unpaired) electrons. The topological polar surface area (TPSA) is 102 Å². The molecule has 0 aromatic rings. The second-order valence-electron chi connectivity index (χ2n) is 4.38. The van der Waals surface area contributed by atoms with Crippen molar-refractivity contribution in [3.8, 4) is 0 Å². The predicted molar refractivity (Wildman–Crippen MR) is 57.6 cm³/mol. The Labute approximate surface area is 103 Å². The summed E-state index contributed by atoms with van der Waals surface area (Å²) in [7, 11) is 0. The van der Waals surface area contributed by atoms with Gasteiger partial charge < -0.3 is 0 Å². The van der Waals surface area contributed by atoms with E-state index in [1.54, 1.807) is 0 Å². The Morgan fingerprint density at radius 2 is 0.778 bits per heavy atom. The van der Waals surface area contributed by atoms with Crippen molar-refractivity contribution in [3.05, 3.63) is 0 Å². The van der Waals surface area contributed by atoms with Gasteiger partial charge in [0.2, 0.25) is 10.8 Å². The maximum atomic E-state index is 12.1. The van der Waals surface area contributed by atoms with Gasteiger partial charge in [-0.25, -0.2) is 0 Å². The summed E-state index contributed by atoms with van der Waals surface area (Å²) in [6, 6.07) is 0. The lowest BCUT2D eigenvalue weighted by atomic mass is 9.45. The van der Waals surface area contributed by atoms with Crippen LogP contribution in [0.1, 0.15) is 27.7 Å². The van der Waals surface area contributed by atoms with Crippen molar-refractivity contribution in [1.82, 2.24) is 0 Å². The molecular formula is C12H12O6. The quantitative estimate of drug-likeness (QED) is 0.623. The highest BCUT2D eigenvalue weighted by Crippen LogP contribution is 2.49. The molecule has 1 saturated carbocycles. The fraction of sp³-hybridized carbons (Fsp3) is 0.500. The summed E-state index contributed by atoms with van der Waals surface area (Å²) >= 11 is 0. The van der Waals surface area contributed by atoms with E-state index in [0.29, 0.717) is 0 Å². The molecule has 1 aliphatic carbocycles. The summed E-state index contributed by atoms with van der Waals surface area (Å²) in [6.07, 6.45) is 0. The van der Waals surface area contributed by atoms with Gasteiger partial charge in [-0.15, -0.1) is 0 Å². The van der Waals surface area contributed by atoms with Crippen LogP contribution in [0.3, 0.4) is 0 Å². The second kappa shape index (κ2) is 3.76. The van der Waals surface area contributed by atoms with Gasteiger partial charge in [-0.3, -0.25) is 28.8 Å². The summed E-state index contributed by atoms with van der Waals surface area (Å²) in [5, 5.41) is 0. The standard InChI is InChI=1S/C12H12O6/c1-5(13)11(6(2)14)9(17)12(7(3)15,8(4)16)10(11)18/h1-4H3. The number of Topliss-reactive ketones (excluding diaryl/α,β-unsaturated/α-hetero) is 6. The Balaban J connectivity index is 3.58. The molecule has 96 valence electrons. The molecule has 18 heavy (non-hydrogen) atoms. The lowest BCUT2D eigenvalue weighted by Gasteiger charge is -2.46. The van der Waals surface area contributed by atoms with Crippen LogP contribution in [0.25, 0.3) is 0 Å². The molecule has 0 amide bonds. The molecule has 0 saturated heterocycles. The third kappa shape index (κ3) is 1.12. The minimum Gasteiger partial charge on any atom is -0.298 e. The van der Waals surface area contributed by atoms with Gasteiger partial charge in [0.25, 0.3) is 0 Å². The molecule has 0 spiro atoms. The first-order valence-corrected chi connectivity index (χ1v) is 5.22. The molecule has 0 unspecified atom stereocenters. The summed E-state index contributed by atoms with van der Waals surface area (Å²) in [4.78, 5) is 70.0. The lowest BCUT2D eigenvalue weighted by Crippen LogP contribution is -2.76. The highest BCUT2D eigenvalue weighted by molar-refractivity contribution is 6.62. The monoisotopic (exact) mass is 252 g/mol. The van der Waals surface area contributed by atoms with E-state index in [9.17, 15) is 28.8 Å². The summed E-state index contributed by atoms with van der Waals surface area (Å²) in [6.45, 7) is 3.67. The zero-order valence-corrected chi connectivity index (χ0v) is 10.4. The first kappa shape index (κ1) is 14.1. The van der Waals surface area contributed by atoms with Crippen molar-refractivity contribution in [2.75, 3.05) is 0 Å². The average molecular weight is 252 g/mol. The normalized spacial score (nSPS) is 20.0. The number of carbonyl (C=O) groups is 6. The van der Waals surface area contributed by atoms with Gasteiger partial charge in [0.15, 0.2) is 34.7 Å². The van der Waals surface area contributed by atoms with E-state index in [1.807, 2.05) is 0 Å². The van der Waals surface area contributed by atoms with Crippen LogP contribution in [-0.2, 0) is 28.8 Å². The molecule has 0 bridgehead atoms. The zero-order chi connectivity index (χ0) is 14.5. The molecule has 6 heteroatoms. The van der Waals surface area contributed by atoms with Crippen LogP contribution >= 0.6 is 0 Å². The van der Waals surface area contributed by atoms with Crippen molar-refractivity contribution >= 4 is 34.7 Å². The van der Waals surface area contributed by atoms with E-state index in [2.05, 4.69) is 0 Å². The van der Waals surface area contributed by atoms with Gasteiger partial charge in [-0.1, -0.05) is 0 Å². The summed E-state index contributed by atoms with van der Waals surface area (Å²) in [5.74, 6) is -6.24. The Morgan fingerprint density at radius 1 is 0.611 bits per heavy atom. The molecular weight excluding hydrogens is 240 g/mol. The fourth-order valence-corrected chi connectivity index (χ4v) is 2.48. The molecule has 0 atom stereocenters. The molecule has 1 aliphatic rings. The minimum absolute atomic E-state index is 0.918. The number of rotatable bonds is 4. The minimum atomic E-state index is -2.46. The van der Waals surface area contributed by atoms with Crippen LogP contribution in [0, 0.1) is 10.8 Å². The van der Waals surface area contributed by atoms with Crippen LogP contribution in [0.4, 0.5) is 0 Å². The van der Waals surface area contributed by atoms with Crippen LogP contribution in [-0.4, -0.2) is 34.7 Å². The van der Waals surface area contributed by atoms with Gasteiger partial charge in [0.05, 0.1) is 0 Å². The summed E-state index contributed by atoms with van der Waals surface area (Å²) < 4.78 is 0. The molecule has 1 fully saturated rings. The first-order valence-electron chi connectivity index (χ1n) is 5.22. The molecule has 0 N–H and O–H groups in total. The van der Waals surface area contributed by atoms with E-state index >= 15 is 0 Å². The molecule has 0 aromatic carbocycles.